The fourth-order valence-corrected chi connectivity index (χ4v) is 1.80. The van der Waals surface area contributed by atoms with Crippen LogP contribution in [0.5, 0.6) is 0 Å². The van der Waals surface area contributed by atoms with Gasteiger partial charge in [0.2, 0.25) is 0 Å². The van der Waals surface area contributed by atoms with Gasteiger partial charge in [-0.15, -0.1) is 0 Å². The first kappa shape index (κ1) is 24.9. The van der Waals surface area contributed by atoms with Crippen molar-refractivity contribution in [2.45, 2.75) is 85.0 Å². The van der Waals surface area contributed by atoms with Crippen molar-refractivity contribution in [3.05, 3.63) is 0 Å². The van der Waals surface area contributed by atoms with Crippen LogP contribution in [0.1, 0.15) is 86.4 Å². The van der Waals surface area contributed by atoms with Crippen LogP contribution in [-0.2, 0) is 4.74 Å². The van der Waals surface area contributed by atoms with Gasteiger partial charge in [-0.1, -0.05) is 64.7 Å². The van der Waals surface area contributed by atoms with Gasteiger partial charge in [0.25, 0.3) is 0 Å². The maximum absolute atomic E-state index is 8.57. The Kier molecular flexibility index (Phi) is 35.8. The summed E-state index contributed by atoms with van der Waals surface area (Å²) in [7, 11) is 0. The maximum atomic E-state index is 8.57. The number of ether oxygens (including phenoxy) is 1. The van der Waals surface area contributed by atoms with Crippen LogP contribution in [0.15, 0.2) is 0 Å². The zero-order valence-corrected chi connectivity index (χ0v) is 16.0. The SMILES string of the molecule is CCCCCCCCCCCCO.CCOCC.[H-].[Na+]. The minimum Gasteiger partial charge on any atom is -1.00 e. The summed E-state index contributed by atoms with van der Waals surface area (Å²) in [5.74, 6) is 0. The van der Waals surface area contributed by atoms with E-state index in [1.165, 1.54) is 57.8 Å². The standard InChI is InChI=1S/C12H26O.C4H10O.Na.H/c1-2-3-4-5-6-7-8-9-10-11-12-13;1-3-5-4-2;;/h13H,2-12H2,1H3;3-4H2,1-2H3;;/q;;+1;-1. The third kappa shape index (κ3) is 32.4. The van der Waals surface area contributed by atoms with E-state index in [0.717, 1.165) is 19.6 Å². The maximum Gasteiger partial charge on any atom is 1.00 e. The molecule has 0 atom stereocenters. The molecule has 0 radical (unpaired) electrons. The van der Waals surface area contributed by atoms with Crippen molar-refractivity contribution >= 4 is 0 Å². The summed E-state index contributed by atoms with van der Waals surface area (Å²) in [5.41, 5.74) is 0. The van der Waals surface area contributed by atoms with E-state index in [4.69, 9.17) is 9.84 Å². The second-order valence-corrected chi connectivity index (χ2v) is 4.69. The normalized spacial score (nSPS) is 9.47. The smallest absolute Gasteiger partial charge is 1.00 e. The number of hydrogen-bond donors (Lipinski definition) is 1. The summed E-state index contributed by atoms with van der Waals surface area (Å²) in [5, 5.41) is 8.57. The molecule has 3 heteroatoms. The zero-order chi connectivity index (χ0) is 13.9. The second-order valence-electron chi connectivity index (χ2n) is 4.69. The van der Waals surface area contributed by atoms with Crippen molar-refractivity contribution in [2.75, 3.05) is 19.8 Å². The molecule has 0 aliphatic heterocycles. The molecule has 0 aromatic rings. The molecular weight excluding hydrogens is 247 g/mol. The Bertz CT molecular complexity index is 115. The summed E-state index contributed by atoms with van der Waals surface area (Å²) >= 11 is 0. The molecule has 0 fully saturated rings. The number of aliphatic hydroxyl groups is 1. The topological polar surface area (TPSA) is 29.5 Å². The van der Waals surface area contributed by atoms with Gasteiger partial charge in [-0.25, -0.2) is 0 Å². The molecule has 0 spiro atoms. The molecule has 0 unspecified atom stereocenters. The number of rotatable bonds is 12. The predicted octanol–water partition coefficient (Wildman–Crippen LogP) is 2.06. The Morgan fingerprint density at radius 1 is 0.684 bits per heavy atom. The van der Waals surface area contributed by atoms with E-state index in [1.54, 1.807) is 0 Å². The molecule has 0 aliphatic carbocycles. The van der Waals surface area contributed by atoms with Crippen molar-refractivity contribution in [3.8, 4) is 0 Å². The quantitative estimate of drug-likeness (QED) is 0.439. The van der Waals surface area contributed by atoms with E-state index in [2.05, 4.69) is 6.92 Å². The predicted molar refractivity (Wildman–Crippen MR) is 82.2 cm³/mol. The molecule has 1 N–H and O–H groups in total. The van der Waals surface area contributed by atoms with E-state index >= 15 is 0 Å². The fourth-order valence-electron chi connectivity index (χ4n) is 1.80. The van der Waals surface area contributed by atoms with E-state index in [-0.39, 0.29) is 31.0 Å². The molecule has 0 amide bonds. The molecular formula is C16H37NaO2. The number of aliphatic hydroxyl groups excluding tert-OH is 1. The number of unbranched alkanes of at least 4 members (excludes halogenated alkanes) is 9. The van der Waals surface area contributed by atoms with Crippen LogP contribution in [0.4, 0.5) is 0 Å². The van der Waals surface area contributed by atoms with Crippen LogP contribution in [0.2, 0.25) is 0 Å². The van der Waals surface area contributed by atoms with Gasteiger partial charge in [0.1, 0.15) is 0 Å². The molecule has 0 aromatic heterocycles. The van der Waals surface area contributed by atoms with E-state index in [0.29, 0.717) is 6.61 Å². The molecule has 2 nitrogen and oxygen atoms in total. The summed E-state index contributed by atoms with van der Waals surface area (Å²) < 4.78 is 4.83. The average molecular weight is 284 g/mol. The first-order valence-electron chi connectivity index (χ1n) is 8.01. The van der Waals surface area contributed by atoms with Gasteiger partial charge in [0.05, 0.1) is 0 Å². The zero-order valence-electron chi connectivity index (χ0n) is 15.0. The van der Waals surface area contributed by atoms with Gasteiger partial charge < -0.3 is 11.3 Å². The summed E-state index contributed by atoms with van der Waals surface area (Å²) in [6.07, 6.45) is 13.3. The Balaban J connectivity index is -0.000000158. The summed E-state index contributed by atoms with van der Waals surface area (Å²) in [6.45, 7) is 8.30. The van der Waals surface area contributed by atoms with Gasteiger partial charge in [0.15, 0.2) is 0 Å². The first-order chi connectivity index (χ1) is 8.83. The van der Waals surface area contributed by atoms with Gasteiger partial charge in [-0.2, -0.15) is 0 Å². The first-order valence-corrected chi connectivity index (χ1v) is 8.01. The van der Waals surface area contributed by atoms with Gasteiger partial charge in [0, 0.05) is 19.8 Å². The van der Waals surface area contributed by atoms with Crippen molar-refractivity contribution in [3.63, 3.8) is 0 Å². The molecule has 0 aromatic carbocycles. The Morgan fingerprint density at radius 3 is 1.32 bits per heavy atom. The molecule has 0 saturated carbocycles. The van der Waals surface area contributed by atoms with Crippen LogP contribution < -0.4 is 29.6 Å². The number of hydrogen-bond acceptors (Lipinski definition) is 2. The van der Waals surface area contributed by atoms with Crippen molar-refractivity contribution in [1.29, 1.82) is 0 Å². The van der Waals surface area contributed by atoms with Crippen LogP contribution >= 0.6 is 0 Å². The van der Waals surface area contributed by atoms with Crippen LogP contribution in [0.25, 0.3) is 0 Å². The Labute approximate surface area is 145 Å². The molecule has 0 heterocycles. The van der Waals surface area contributed by atoms with Gasteiger partial charge in [-0.3, -0.25) is 0 Å². The largest absolute Gasteiger partial charge is 1.00 e. The Hall–Kier alpha value is 0.920. The molecule has 0 bridgehead atoms. The van der Waals surface area contributed by atoms with Gasteiger partial charge >= 0.3 is 29.6 Å². The third-order valence-electron chi connectivity index (χ3n) is 2.92. The van der Waals surface area contributed by atoms with Crippen molar-refractivity contribution in [2.24, 2.45) is 0 Å². The molecule has 0 saturated heterocycles. The van der Waals surface area contributed by atoms with Crippen LogP contribution in [0.3, 0.4) is 0 Å². The molecule has 114 valence electrons. The minimum atomic E-state index is 0. The van der Waals surface area contributed by atoms with Crippen LogP contribution in [-0.4, -0.2) is 24.9 Å². The summed E-state index contributed by atoms with van der Waals surface area (Å²) in [4.78, 5) is 0. The third-order valence-corrected chi connectivity index (χ3v) is 2.92. The van der Waals surface area contributed by atoms with Crippen LogP contribution in [0, 0.1) is 0 Å². The minimum absolute atomic E-state index is 0. The molecule has 0 aliphatic rings. The summed E-state index contributed by atoms with van der Waals surface area (Å²) in [6, 6.07) is 0. The average Bonchev–Trinajstić information content (AvgIpc) is 2.39. The monoisotopic (exact) mass is 284 g/mol. The molecule has 19 heavy (non-hydrogen) atoms. The Morgan fingerprint density at radius 2 is 1.05 bits per heavy atom. The van der Waals surface area contributed by atoms with Crippen molar-refractivity contribution < 1.29 is 40.8 Å². The molecule has 0 rings (SSSR count). The van der Waals surface area contributed by atoms with E-state index < -0.39 is 0 Å². The van der Waals surface area contributed by atoms with Gasteiger partial charge in [-0.05, 0) is 20.3 Å². The fraction of sp³-hybridized carbons (Fsp3) is 1.00. The van der Waals surface area contributed by atoms with Crippen molar-refractivity contribution in [1.82, 2.24) is 0 Å². The van der Waals surface area contributed by atoms with E-state index in [9.17, 15) is 0 Å². The van der Waals surface area contributed by atoms with E-state index in [1.807, 2.05) is 13.8 Å². The second kappa shape index (κ2) is 27.3.